The molecule has 0 aliphatic carbocycles. The summed E-state index contributed by atoms with van der Waals surface area (Å²) in [4.78, 5) is 25.0. The van der Waals surface area contributed by atoms with Crippen LogP contribution in [0, 0.1) is 0 Å². The molecule has 180 valence electrons. The summed E-state index contributed by atoms with van der Waals surface area (Å²) in [7, 11) is 1.36. The van der Waals surface area contributed by atoms with Gasteiger partial charge in [-0.3, -0.25) is 0 Å². The van der Waals surface area contributed by atoms with Crippen LogP contribution in [0.1, 0.15) is 71.3 Å². The Labute approximate surface area is 199 Å². The van der Waals surface area contributed by atoms with Crippen LogP contribution in [0.3, 0.4) is 0 Å². The van der Waals surface area contributed by atoms with Gasteiger partial charge in [-0.2, -0.15) is 0 Å². The van der Waals surface area contributed by atoms with Crippen molar-refractivity contribution < 1.29 is 19.1 Å². The van der Waals surface area contributed by atoms with Crippen LogP contribution in [0.25, 0.3) is 0 Å². The number of carbonyl (C=O) groups is 2. The molecule has 5 nitrogen and oxygen atoms in total. The van der Waals surface area contributed by atoms with Crippen LogP contribution in [-0.4, -0.2) is 43.6 Å². The first-order chi connectivity index (χ1) is 15.4. The van der Waals surface area contributed by atoms with Crippen LogP contribution in [-0.2, 0) is 20.9 Å². The van der Waals surface area contributed by atoms with Gasteiger partial charge in [0.25, 0.3) is 0 Å². The van der Waals surface area contributed by atoms with Crippen LogP contribution in [0.5, 0.6) is 0 Å². The summed E-state index contributed by atoms with van der Waals surface area (Å²) in [6.45, 7) is 11.4. The third-order valence-corrected chi connectivity index (χ3v) is 22.3. The summed E-state index contributed by atoms with van der Waals surface area (Å²) in [6.07, 6.45) is 7.04. The van der Waals surface area contributed by atoms with E-state index >= 15 is 0 Å². The molecule has 0 spiro atoms. The second-order valence-corrected chi connectivity index (χ2v) is 22.3. The topological polar surface area (TPSA) is 64.6 Å². The van der Waals surface area contributed by atoms with Gasteiger partial charge in [0.1, 0.15) is 0 Å². The summed E-state index contributed by atoms with van der Waals surface area (Å²) in [5.41, 5.74) is 0.899. The minimum atomic E-state index is -2.72. The summed E-state index contributed by atoms with van der Waals surface area (Å²) >= 11 is -2.72. The van der Waals surface area contributed by atoms with Gasteiger partial charge in [0, 0.05) is 0 Å². The van der Waals surface area contributed by atoms with Crippen molar-refractivity contribution in [2.45, 2.75) is 91.7 Å². The molecule has 1 rings (SSSR count). The molecule has 0 aromatic heterocycles. The van der Waals surface area contributed by atoms with Gasteiger partial charge in [0.05, 0.1) is 0 Å². The Hall–Kier alpha value is -1.50. The van der Waals surface area contributed by atoms with Crippen molar-refractivity contribution in [3.8, 4) is 0 Å². The number of benzene rings is 1. The van der Waals surface area contributed by atoms with E-state index in [9.17, 15) is 9.59 Å². The molecule has 1 amide bonds. The van der Waals surface area contributed by atoms with E-state index in [0.29, 0.717) is 6.42 Å². The van der Waals surface area contributed by atoms with Crippen LogP contribution < -0.4 is 5.32 Å². The Balaban J connectivity index is 2.92. The van der Waals surface area contributed by atoms with E-state index in [0.717, 1.165) is 5.56 Å². The number of rotatable bonds is 16. The van der Waals surface area contributed by atoms with Crippen LogP contribution in [0.15, 0.2) is 40.5 Å². The number of amides is 1. The Kier molecular flexibility index (Phi) is 14.4. The van der Waals surface area contributed by atoms with Crippen molar-refractivity contribution in [1.82, 2.24) is 5.32 Å². The number of alkyl carbamates (subject to hydrolysis) is 1. The number of unbranched alkanes of at least 4 members (excludes halogenated alkanes) is 3. The van der Waals surface area contributed by atoms with Gasteiger partial charge in [-0.05, 0) is 0 Å². The first-order valence-electron chi connectivity index (χ1n) is 12.2. The van der Waals surface area contributed by atoms with E-state index in [1.165, 1.54) is 62.5 Å². The van der Waals surface area contributed by atoms with Crippen LogP contribution in [0.4, 0.5) is 4.79 Å². The molecule has 1 aromatic rings. The van der Waals surface area contributed by atoms with Crippen molar-refractivity contribution in [1.29, 1.82) is 0 Å². The fourth-order valence-corrected chi connectivity index (χ4v) is 20.0. The van der Waals surface area contributed by atoms with Crippen molar-refractivity contribution in [2.75, 3.05) is 7.11 Å². The molecule has 0 saturated heterocycles. The zero-order valence-corrected chi connectivity index (χ0v) is 23.4. The maximum atomic E-state index is 12.5. The van der Waals surface area contributed by atoms with Gasteiger partial charge in [-0.15, -0.1) is 0 Å². The van der Waals surface area contributed by atoms with E-state index in [-0.39, 0.29) is 6.61 Å². The number of esters is 1. The average molecular weight is 552 g/mol. The number of nitrogens with one attached hydrogen (secondary N) is 1. The second-order valence-electron chi connectivity index (χ2n) is 8.68. The first kappa shape index (κ1) is 28.5. The molecule has 0 aliphatic heterocycles. The molecule has 1 atom stereocenters. The number of ether oxygens (including phenoxy) is 2. The summed E-state index contributed by atoms with van der Waals surface area (Å²) < 4.78 is 15.4. The fourth-order valence-electron chi connectivity index (χ4n) is 4.16. The van der Waals surface area contributed by atoms with Crippen LogP contribution in [0.2, 0.25) is 13.3 Å². The van der Waals surface area contributed by atoms with Gasteiger partial charge in [-0.25, -0.2) is 0 Å². The standard InChI is InChI=1S/C14H16NO4.3C4H9.Sn/c1-3-7-12(13(16)18-2)15-14(17)19-10-11-8-5-4-6-9-11;3*1-3-4-2;/h4-6,8-9,12H,1,7,10H2,2H3,(H,15,17);3*1,3-4H2,2H3;. The Morgan fingerprint density at radius 2 is 1.50 bits per heavy atom. The molecular formula is C26H43NO4Sn. The molecule has 1 N–H and O–H groups in total. The predicted octanol–water partition coefficient (Wildman–Crippen LogP) is 6.79. The molecular weight excluding hydrogens is 509 g/mol. The Morgan fingerprint density at radius 1 is 0.969 bits per heavy atom. The van der Waals surface area contributed by atoms with Gasteiger partial charge in [0.2, 0.25) is 0 Å². The number of hydrogen-bond donors (Lipinski definition) is 1. The second kappa shape index (κ2) is 16.2. The Morgan fingerprint density at radius 3 is 1.97 bits per heavy atom. The molecule has 0 heterocycles. The molecule has 1 aromatic carbocycles. The Bertz CT molecular complexity index is 671. The van der Waals surface area contributed by atoms with Crippen molar-refractivity contribution >= 4 is 30.4 Å². The van der Waals surface area contributed by atoms with E-state index in [2.05, 4.69) is 32.7 Å². The van der Waals surface area contributed by atoms with Gasteiger partial charge < -0.3 is 0 Å². The number of carbonyl (C=O) groups excluding carboxylic acids is 2. The van der Waals surface area contributed by atoms with Crippen molar-refractivity contribution in [3.63, 3.8) is 0 Å². The maximum absolute atomic E-state index is 12.5. The van der Waals surface area contributed by atoms with E-state index in [1.54, 1.807) is 0 Å². The third-order valence-electron chi connectivity index (χ3n) is 6.22. The number of hydrogen-bond acceptors (Lipinski definition) is 4. The van der Waals surface area contributed by atoms with E-state index < -0.39 is 36.5 Å². The SMILES string of the molecule is C=[C](CC(NC(=O)OCc1ccccc1)C(=O)OC)[Sn]([CH2]CCC)([CH2]CCC)[CH2]CCC. The average Bonchev–Trinajstić information content (AvgIpc) is 2.82. The quantitative estimate of drug-likeness (QED) is 0.181. The zero-order valence-electron chi connectivity index (χ0n) is 20.6. The van der Waals surface area contributed by atoms with Gasteiger partial charge in [0.15, 0.2) is 0 Å². The summed E-state index contributed by atoms with van der Waals surface area (Å²) in [5, 5.41) is 2.75. The monoisotopic (exact) mass is 553 g/mol. The zero-order chi connectivity index (χ0) is 23.8. The van der Waals surface area contributed by atoms with Crippen molar-refractivity contribution in [2.24, 2.45) is 0 Å². The normalized spacial score (nSPS) is 12.1. The molecule has 0 bridgehead atoms. The molecule has 0 aliphatic rings. The van der Waals surface area contributed by atoms with Crippen LogP contribution >= 0.6 is 0 Å². The van der Waals surface area contributed by atoms with Gasteiger partial charge >= 0.3 is 200 Å². The molecule has 1 unspecified atom stereocenters. The number of methoxy groups -OCH3 is 1. The third kappa shape index (κ3) is 9.97. The molecule has 0 radical (unpaired) electrons. The van der Waals surface area contributed by atoms with E-state index in [4.69, 9.17) is 9.47 Å². The molecule has 0 fully saturated rings. The predicted molar refractivity (Wildman–Crippen MR) is 134 cm³/mol. The summed E-state index contributed by atoms with van der Waals surface area (Å²) in [6, 6.07) is 8.74. The minimum absolute atomic E-state index is 0.161. The summed E-state index contributed by atoms with van der Waals surface area (Å²) in [5.74, 6) is -0.440. The molecule has 6 heteroatoms. The van der Waals surface area contributed by atoms with Gasteiger partial charge in [-0.1, -0.05) is 0 Å². The first-order valence-corrected chi connectivity index (χ1v) is 19.6. The fraction of sp³-hybridized carbons (Fsp3) is 0.615. The van der Waals surface area contributed by atoms with Crippen molar-refractivity contribution in [3.05, 3.63) is 46.1 Å². The molecule has 0 saturated carbocycles. The molecule has 32 heavy (non-hydrogen) atoms. The van der Waals surface area contributed by atoms with E-state index in [1.807, 2.05) is 30.3 Å².